The van der Waals surface area contributed by atoms with E-state index < -0.39 is 0 Å². The van der Waals surface area contributed by atoms with Crippen LogP contribution >= 0.6 is 0 Å². The van der Waals surface area contributed by atoms with Gasteiger partial charge in [-0.2, -0.15) is 4.98 Å². The molecule has 0 aliphatic carbocycles. The zero-order valence-corrected chi connectivity index (χ0v) is 18.1. The molecule has 0 saturated carbocycles. The Morgan fingerprint density at radius 1 is 0.903 bits per heavy atom. The molecule has 0 saturated heterocycles. The van der Waals surface area contributed by atoms with Gasteiger partial charge in [-0.15, -0.1) is 0 Å². The summed E-state index contributed by atoms with van der Waals surface area (Å²) in [7, 11) is 1.59. The van der Waals surface area contributed by atoms with Crippen molar-refractivity contribution in [3.8, 4) is 28.4 Å². The molecule has 0 atom stereocenters. The third-order valence-corrected chi connectivity index (χ3v) is 4.52. The molecule has 0 amide bonds. The number of hydrogen-bond donors (Lipinski definition) is 2. The molecular weight excluding hydrogens is 396 g/mol. The van der Waals surface area contributed by atoms with E-state index >= 15 is 0 Å². The van der Waals surface area contributed by atoms with E-state index in [1.807, 2.05) is 50.2 Å². The summed E-state index contributed by atoms with van der Waals surface area (Å²) in [6.45, 7) is 5.13. The van der Waals surface area contributed by atoms with Crippen molar-refractivity contribution in [3.63, 3.8) is 0 Å². The van der Waals surface area contributed by atoms with E-state index in [2.05, 4.69) is 9.97 Å². The van der Waals surface area contributed by atoms with Crippen LogP contribution in [-0.4, -0.2) is 37.1 Å². The molecule has 3 aromatic rings. The molecule has 1 aromatic heterocycles. The van der Waals surface area contributed by atoms with E-state index in [0.29, 0.717) is 25.5 Å². The minimum Gasteiger partial charge on any atom is -0.493 e. The second-order valence-electron chi connectivity index (χ2n) is 6.72. The summed E-state index contributed by atoms with van der Waals surface area (Å²) in [5.74, 6) is 2.68. The van der Waals surface area contributed by atoms with Crippen LogP contribution in [-0.2, 0) is 11.2 Å². The number of hydrogen-bond acceptors (Lipinski definition) is 8. The highest BCUT2D eigenvalue weighted by Crippen LogP contribution is 2.41. The van der Waals surface area contributed by atoms with Crippen LogP contribution < -0.4 is 25.7 Å². The van der Waals surface area contributed by atoms with Crippen LogP contribution in [0.4, 0.5) is 11.8 Å². The van der Waals surface area contributed by atoms with Gasteiger partial charge < -0.3 is 30.4 Å². The van der Waals surface area contributed by atoms with Crippen LogP contribution in [0.3, 0.4) is 0 Å². The monoisotopic (exact) mass is 424 g/mol. The highest BCUT2D eigenvalue weighted by molar-refractivity contribution is 5.78. The van der Waals surface area contributed by atoms with Crippen molar-refractivity contribution >= 4 is 11.8 Å². The maximum atomic E-state index is 6.02. The molecule has 0 radical (unpaired) electrons. The van der Waals surface area contributed by atoms with Crippen molar-refractivity contribution in [2.45, 2.75) is 20.3 Å². The van der Waals surface area contributed by atoms with Gasteiger partial charge in [-0.05, 0) is 49.2 Å². The fourth-order valence-corrected chi connectivity index (χ4v) is 3.20. The van der Waals surface area contributed by atoms with Crippen molar-refractivity contribution in [2.24, 2.45) is 0 Å². The van der Waals surface area contributed by atoms with Crippen molar-refractivity contribution in [2.75, 3.05) is 38.6 Å². The lowest BCUT2D eigenvalue weighted by atomic mass is 9.98. The van der Waals surface area contributed by atoms with Crippen LogP contribution in [0.5, 0.6) is 17.2 Å². The van der Waals surface area contributed by atoms with Gasteiger partial charge in [0, 0.05) is 25.3 Å². The van der Waals surface area contributed by atoms with E-state index in [4.69, 9.17) is 30.4 Å². The summed E-state index contributed by atoms with van der Waals surface area (Å²) < 4.78 is 22.4. The normalized spacial score (nSPS) is 10.7. The predicted molar refractivity (Wildman–Crippen MR) is 120 cm³/mol. The first-order valence-corrected chi connectivity index (χ1v) is 10.1. The summed E-state index contributed by atoms with van der Waals surface area (Å²) in [6.07, 6.45) is 2.17. The second-order valence-corrected chi connectivity index (χ2v) is 6.72. The lowest BCUT2D eigenvalue weighted by Crippen LogP contribution is -2.05. The summed E-state index contributed by atoms with van der Waals surface area (Å²) in [5.41, 5.74) is 15.2. The highest BCUT2D eigenvalue weighted by atomic mass is 16.7. The van der Waals surface area contributed by atoms with Gasteiger partial charge in [-0.25, -0.2) is 4.98 Å². The standard InChI is InChI=1S/C23H28N4O4/c1-4-29-19-11-15(10-17-13-26-23(25)27-22(17)24)12-20(30-5-2)21(19)16-6-8-18(9-7-16)31-14-28-3/h6-9,11-13H,4-5,10,14H2,1-3H3,(H4,24,25,26,27). The average molecular weight is 425 g/mol. The fraction of sp³-hybridized carbons (Fsp3) is 0.304. The van der Waals surface area contributed by atoms with E-state index in [0.717, 1.165) is 39.5 Å². The molecule has 0 unspecified atom stereocenters. The average Bonchev–Trinajstić information content (AvgIpc) is 2.75. The van der Waals surface area contributed by atoms with Gasteiger partial charge in [0.05, 0.1) is 18.8 Å². The molecule has 4 N–H and O–H groups in total. The van der Waals surface area contributed by atoms with Crippen LogP contribution in [0.2, 0.25) is 0 Å². The van der Waals surface area contributed by atoms with E-state index in [9.17, 15) is 0 Å². The summed E-state index contributed by atoms with van der Waals surface area (Å²) >= 11 is 0. The Morgan fingerprint density at radius 3 is 2.10 bits per heavy atom. The van der Waals surface area contributed by atoms with Crippen molar-refractivity contribution in [1.82, 2.24) is 9.97 Å². The van der Waals surface area contributed by atoms with Gasteiger partial charge in [0.1, 0.15) is 23.1 Å². The summed E-state index contributed by atoms with van der Waals surface area (Å²) in [5, 5.41) is 0. The molecule has 0 bridgehead atoms. The molecule has 3 rings (SSSR count). The minimum absolute atomic E-state index is 0.152. The van der Waals surface area contributed by atoms with E-state index in [1.54, 1.807) is 13.3 Å². The lowest BCUT2D eigenvalue weighted by Gasteiger charge is -2.18. The molecule has 8 heteroatoms. The number of rotatable bonds is 10. The maximum absolute atomic E-state index is 6.02. The first-order valence-electron chi connectivity index (χ1n) is 10.1. The van der Waals surface area contributed by atoms with Crippen LogP contribution in [0.15, 0.2) is 42.6 Å². The van der Waals surface area contributed by atoms with Crippen molar-refractivity contribution in [1.29, 1.82) is 0 Å². The fourth-order valence-electron chi connectivity index (χ4n) is 3.20. The van der Waals surface area contributed by atoms with Gasteiger partial charge in [0.2, 0.25) is 5.95 Å². The Balaban J connectivity index is 2.01. The number of anilines is 2. The molecule has 31 heavy (non-hydrogen) atoms. The van der Waals surface area contributed by atoms with Gasteiger partial charge in [0.15, 0.2) is 6.79 Å². The smallest absolute Gasteiger partial charge is 0.221 e. The first kappa shape index (κ1) is 22.2. The van der Waals surface area contributed by atoms with Crippen LogP contribution in [0.25, 0.3) is 11.1 Å². The number of aromatic nitrogens is 2. The summed E-state index contributed by atoms with van der Waals surface area (Å²) in [4.78, 5) is 8.09. The van der Waals surface area contributed by atoms with E-state index in [-0.39, 0.29) is 12.7 Å². The molecule has 1 heterocycles. The van der Waals surface area contributed by atoms with Gasteiger partial charge in [0.25, 0.3) is 0 Å². The number of methoxy groups -OCH3 is 1. The van der Waals surface area contributed by atoms with Gasteiger partial charge in [-0.3, -0.25) is 0 Å². The molecule has 0 aliphatic heterocycles. The third kappa shape index (κ3) is 5.55. The molecule has 0 aliphatic rings. The number of nitrogens with two attached hydrogens (primary N) is 2. The second kappa shape index (κ2) is 10.5. The Kier molecular flexibility index (Phi) is 7.50. The maximum Gasteiger partial charge on any atom is 0.221 e. The predicted octanol–water partition coefficient (Wildman–Crippen LogP) is 3.68. The largest absolute Gasteiger partial charge is 0.493 e. The molecular formula is C23H28N4O4. The van der Waals surface area contributed by atoms with Gasteiger partial charge in [-0.1, -0.05) is 12.1 Å². The number of nitrogen functional groups attached to an aromatic ring is 2. The highest BCUT2D eigenvalue weighted by Gasteiger charge is 2.17. The van der Waals surface area contributed by atoms with Crippen LogP contribution in [0.1, 0.15) is 25.0 Å². The third-order valence-electron chi connectivity index (χ3n) is 4.52. The number of benzene rings is 2. The molecule has 0 fully saturated rings. The summed E-state index contributed by atoms with van der Waals surface area (Å²) in [6, 6.07) is 11.7. The molecule has 2 aromatic carbocycles. The molecule has 164 valence electrons. The zero-order valence-electron chi connectivity index (χ0n) is 18.1. The Bertz CT molecular complexity index is 982. The van der Waals surface area contributed by atoms with Gasteiger partial charge >= 0.3 is 0 Å². The Morgan fingerprint density at radius 2 is 1.55 bits per heavy atom. The minimum atomic E-state index is 0.152. The van der Waals surface area contributed by atoms with Crippen molar-refractivity contribution < 1.29 is 18.9 Å². The zero-order chi connectivity index (χ0) is 22.2. The van der Waals surface area contributed by atoms with Crippen LogP contribution in [0, 0.1) is 0 Å². The van der Waals surface area contributed by atoms with Crippen molar-refractivity contribution in [3.05, 3.63) is 53.7 Å². The number of ether oxygens (including phenoxy) is 4. The number of nitrogens with zero attached hydrogens (tertiary/aromatic N) is 2. The quantitative estimate of drug-likeness (QED) is 0.474. The topological polar surface area (TPSA) is 115 Å². The molecule has 0 spiro atoms. The first-order chi connectivity index (χ1) is 15.0. The molecule has 8 nitrogen and oxygen atoms in total. The lowest BCUT2D eigenvalue weighted by molar-refractivity contribution is 0.0511. The Labute approximate surface area is 182 Å². The SMILES string of the molecule is CCOc1cc(Cc2cnc(N)nc2N)cc(OCC)c1-c1ccc(OCOC)cc1. The van der Waals surface area contributed by atoms with E-state index in [1.165, 1.54) is 0 Å². The Hall–Kier alpha value is -3.52.